The second-order valence-corrected chi connectivity index (χ2v) is 5.66. The van der Waals surface area contributed by atoms with Crippen LogP contribution in [0.3, 0.4) is 0 Å². The first-order valence-electron chi connectivity index (χ1n) is 6.61. The Balaban J connectivity index is 2.33. The molecule has 0 aliphatic heterocycles. The van der Waals surface area contributed by atoms with Gasteiger partial charge in [-0.3, -0.25) is 0 Å². The molecule has 2 aromatic rings. The third-order valence-electron chi connectivity index (χ3n) is 3.61. The molecule has 2 rings (SSSR count). The molecule has 2 heteroatoms. The smallest absolute Gasteiger partial charge is 0.0554 e. The molecule has 0 radical (unpaired) electrons. The Morgan fingerprint density at radius 3 is 2.11 bits per heavy atom. The molecule has 0 aliphatic rings. The average Bonchev–Trinajstić information content (AvgIpc) is 2.41. The lowest BCUT2D eigenvalue weighted by atomic mass is 9.93. The van der Waals surface area contributed by atoms with Gasteiger partial charge in [-0.2, -0.15) is 0 Å². The SMILES string of the molecule is Cc1c(Cl)cccc1C(N)c1ccc(C(C)C)cc1. The molecule has 0 amide bonds. The van der Waals surface area contributed by atoms with Gasteiger partial charge >= 0.3 is 0 Å². The molecule has 0 bridgehead atoms. The van der Waals surface area contributed by atoms with Crippen molar-refractivity contribution in [3.8, 4) is 0 Å². The minimum atomic E-state index is -0.125. The fraction of sp³-hybridized carbons (Fsp3) is 0.294. The lowest BCUT2D eigenvalue weighted by Crippen LogP contribution is -2.13. The summed E-state index contributed by atoms with van der Waals surface area (Å²) in [7, 11) is 0. The number of halogens is 1. The van der Waals surface area contributed by atoms with Crippen molar-refractivity contribution in [2.75, 3.05) is 0 Å². The van der Waals surface area contributed by atoms with E-state index in [9.17, 15) is 0 Å². The van der Waals surface area contributed by atoms with Gasteiger partial charge in [-0.15, -0.1) is 0 Å². The van der Waals surface area contributed by atoms with E-state index in [0.29, 0.717) is 5.92 Å². The van der Waals surface area contributed by atoms with Gasteiger partial charge in [0, 0.05) is 5.02 Å². The number of nitrogens with two attached hydrogens (primary N) is 1. The molecular weight excluding hydrogens is 254 g/mol. The topological polar surface area (TPSA) is 26.0 Å². The minimum Gasteiger partial charge on any atom is -0.320 e. The van der Waals surface area contributed by atoms with Crippen LogP contribution in [0.15, 0.2) is 42.5 Å². The molecule has 2 N–H and O–H groups in total. The number of hydrogen-bond acceptors (Lipinski definition) is 1. The van der Waals surface area contributed by atoms with Gasteiger partial charge in [0.15, 0.2) is 0 Å². The maximum Gasteiger partial charge on any atom is 0.0554 e. The van der Waals surface area contributed by atoms with Gasteiger partial charge in [0.1, 0.15) is 0 Å². The van der Waals surface area contributed by atoms with Crippen LogP contribution >= 0.6 is 11.6 Å². The largest absolute Gasteiger partial charge is 0.320 e. The molecule has 0 aliphatic carbocycles. The Kier molecular flexibility index (Phi) is 4.28. The van der Waals surface area contributed by atoms with Gasteiger partial charge in [-0.05, 0) is 41.2 Å². The van der Waals surface area contributed by atoms with Gasteiger partial charge in [0.05, 0.1) is 6.04 Å². The molecule has 0 saturated carbocycles. The predicted molar refractivity (Wildman–Crippen MR) is 82.8 cm³/mol. The summed E-state index contributed by atoms with van der Waals surface area (Å²) in [6.07, 6.45) is 0. The summed E-state index contributed by atoms with van der Waals surface area (Å²) in [5.41, 5.74) is 11.0. The van der Waals surface area contributed by atoms with E-state index >= 15 is 0 Å². The minimum absolute atomic E-state index is 0.125. The summed E-state index contributed by atoms with van der Waals surface area (Å²) in [6, 6.07) is 14.3. The van der Waals surface area contributed by atoms with Gasteiger partial charge < -0.3 is 5.73 Å². The number of benzene rings is 2. The van der Waals surface area contributed by atoms with Crippen LogP contribution in [0.2, 0.25) is 5.02 Å². The van der Waals surface area contributed by atoms with Crippen LogP contribution in [0.1, 0.15) is 48.1 Å². The molecule has 0 saturated heterocycles. The van der Waals surface area contributed by atoms with Crippen molar-refractivity contribution in [1.29, 1.82) is 0 Å². The lowest BCUT2D eigenvalue weighted by Gasteiger charge is -2.17. The van der Waals surface area contributed by atoms with E-state index in [0.717, 1.165) is 21.7 Å². The quantitative estimate of drug-likeness (QED) is 0.852. The normalized spacial score (nSPS) is 12.7. The van der Waals surface area contributed by atoms with Crippen LogP contribution in [0, 0.1) is 6.92 Å². The zero-order valence-electron chi connectivity index (χ0n) is 11.7. The second-order valence-electron chi connectivity index (χ2n) is 5.25. The van der Waals surface area contributed by atoms with E-state index in [1.165, 1.54) is 5.56 Å². The zero-order valence-corrected chi connectivity index (χ0v) is 12.4. The van der Waals surface area contributed by atoms with E-state index < -0.39 is 0 Å². The Bertz CT molecular complexity index is 558. The maximum absolute atomic E-state index is 6.35. The molecule has 19 heavy (non-hydrogen) atoms. The predicted octanol–water partition coefficient (Wildman–Crippen LogP) is 4.82. The fourth-order valence-corrected chi connectivity index (χ4v) is 2.41. The Morgan fingerprint density at radius 2 is 1.53 bits per heavy atom. The Morgan fingerprint density at radius 1 is 0.947 bits per heavy atom. The Hall–Kier alpha value is -1.31. The van der Waals surface area contributed by atoms with Crippen LogP contribution in [0.5, 0.6) is 0 Å². The molecule has 1 unspecified atom stereocenters. The summed E-state index contributed by atoms with van der Waals surface area (Å²) in [5.74, 6) is 0.540. The summed E-state index contributed by atoms with van der Waals surface area (Å²) in [4.78, 5) is 0. The van der Waals surface area contributed by atoms with Crippen molar-refractivity contribution in [2.45, 2.75) is 32.7 Å². The highest BCUT2D eigenvalue weighted by Gasteiger charge is 2.13. The fourth-order valence-electron chi connectivity index (χ4n) is 2.23. The van der Waals surface area contributed by atoms with E-state index in [4.69, 9.17) is 17.3 Å². The molecule has 0 spiro atoms. The Labute approximate surface area is 120 Å². The van der Waals surface area contributed by atoms with Gasteiger partial charge in [0.2, 0.25) is 0 Å². The third kappa shape index (κ3) is 2.99. The molecule has 0 heterocycles. The maximum atomic E-state index is 6.35. The molecule has 0 aromatic heterocycles. The van der Waals surface area contributed by atoms with E-state index in [-0.39, 0.29) is 6.04 Å². The van der Waals surface area contributed by atoms with Crippen LogP contribution in [0.4, 0.5) is 0 Å². The van der Waals surface area contributed by atoms with Crippen LogP contribution in [-0.4, -0.2) is 0 Å². The van der Waals surface area contributed by atoms with E-state index in [1.807, 2.05) is 25.1 Å². The third-order valence-corrected chi connectivity index (χ3v) is 4.02. The molecule has 100 valence electrons. The van der Waals surface area contributed by atoms with Crippen molar-refractivity contribution in [3.63, 3.8) is 0 Å². The average molecular weight is 274 g/mol. The second kappa shape index (κ2) is 5.77. The molecule has 2 aromatic carbocycles. The van der Waals surface area contributed by atoms with Crippen LogP contribution < -0.4 is 5.73 Å². The summed E-state index contributed by atoms with van der Waals surface area (Å²) >= 11 is 6.16. The monoisotopic (exact) mass is 273 g/mol. The van der Waals surface area contributed by atoms with E-state index in [1.54, 1.807) is 0 Å². The number of rotatable bonds is 3. The van der Waals surface area contributed by atoms with Gasteiger partial charge in [-0.1, -0.05) is 61.8 Å². The van der Waals surface area contributed by atoms with Crippen molar-refractivity contribution < 1.29 is 0 Å². The highest BCUT2D eigenvalue weighted by atomic mass is 35.5. The first kappa shape index (κ1) is 14.1. The number of hydrogen-bond donors (Lipinski definition) is 1. The van der Waals surface area contributed by atoms with Crippen molar-refractivity contribution in [2.24, 2.45) is 5.73 Å². The van der Waals surface area contributed by atoms with Gasteiger partial charge in [0.25, 0.3) is 0 Å². The first-order chi connectivity index (χ1) is 9.00. The van der Waals surface area contributed by atoms with Crippen LogP contribution in [-0.2, 0) is 0 Å². The first-order valence-corrected chi connectivity index (χ1v) is 6.99. The molecular formula is C17H20ClN. The van der Waals surface area contributed by atoms with E-state index in [2.05, 4.69) is 38.1 Å². The van der Waals surface area contributed by atoms with Gasteiger partial charge in [-0.25, -0.2) is 0 Å². The lowest BCUT2D eigenvalue weighted by molar-refractivity contribution is 0.843. The van der Waals surface area contributed by atoms with Crippen molar-refractivity contribution in [1.82, 2.24) is 0 Å². The zero-order chi connectivity index (χ0) is 14.0. The molecule has 1 nitrogen and oxygen atoms in total. The highest BCUT2D eigenvalue weighted by Crippen LogP contribution is 2.27. The molecule has 0 fully saturated rings. The standard InChI is InChI=1S/C17H20ClN/c1-11(2)13-7-9-14(10-8-13)17(19)15-5-4-6-16(18)12(15)3/h4-11,17H,19H2,1-3H3. The summed E-state index contributed by atoms with van der Waals surface area (Å²) < 4.78 is 0. The van der Waals surface area contributed by atoms with Crippen LogP contribution in [0.25, 0.3) is 0 Å². The van der Waals surface area contributed by atoms with Crippen molar-refractivity contribution >= 4 is 11.6 Å². The molecule has 1 atom stereocenters. The summed E-state index contributed by atoms with van der Waals surface area (Å²) in [6.45, 7) is 6.39. The van der Waals surface area contributed by atoms with Crippen molar-refractivity contribution in [3.05, 3.63) is 69.7 Å². The summed E-state index contributed by atoms with van der Waals surface area (Å²) in [5, 5.41) is 0.770. The highest BCUT2D eigenvalue weighted by molar-refractivity contribution is 6.31.